The molecular weight excluding hydrogens is 410 g/mol. The molecule has 166 valence electrons. The van der Waals surface area contributed by atoms with E-state index in [9.17, 15) is 9.59 Å². The van der Waals surface area contributed by atoms with Crippen LogP contribution in [0.15, 0.2) is 41.5 Å². The third kappa shape index (κ3) is 3.87. The lowest BCUT2D eigenvalue weighted by Gasteiger charge is -2.29. The van der Waals surface area contributed by atoms with Gasteiger partial charge in [-0.2, -0.15) is 5.10 Å². The van der Waals surface area contributed by atoms with Crippen molar-refractivity contribution in [3.8, 4) is 11.5 Å². The second-order valence-corrected chi connectivity index (χ2v) is 8.22. The molecule has 2 aromatic carbocycles. The molecule has 0 spiro atoms. The molecule has 3 heterocycles. The molecule has 9 nitrogen and oxygen atoms in total. The maximum absolute atomic E-state index is 13.0. The summed E-state index contributed by atoms with van der Waals surface area (Å²) in [4.78, 5) is 25.6. The van der Waals surface area contributed by atoms with Crippen LogP contribution in [0.5, 0.6) is 11.5 Å². The molecule has 2 aromatic rings. The molecule has 2 N–H and O–H groups in total. The zero-order chi connectivity index (χ0) is 22.2. The van der Waals surface area contributed by atoms with Gasteiger partial charge in [0.1, 0.15) is 32.1 Å². The zero-order valence-electron chi connectivity index (χ0n) is 18.0. The molecule has 1 saturated heterocycles. The molecule has 0 radical (unpaired) electrons. The molecular formula is C23H25N5O4. The number of aryl methyl sites for hydroxylation is 2. The highest BCUT2D eigenvalue weighted by atomic mass is 16.6. The Hall–Kier alpha value is -3.59. The molecule has 3 aliphatic heterocycles. The van der Waals surface area contributed by atoms with Gasteiger partial charge >= 0.3 is 0 Å². The lowest BCUT2D eigenvalue weighted by atomic mass is 9.98. The molecule has 0 aliphatic carbocycles. The number of hydrazone groups is 1. The molecule has 2 amide bonds. The van der Waals surface area contributed by atoms with E-state index in [1.807, 2.05) is 0 Å². The maximum Gasteiger partial charge on any atom is 0.267 e. The van der Waals surface area contributed by atoms with Crippen molar-refractivity contribution >= 4 is 23.8 Å². The topological polar surface area (TPSA) is 95.5 Å². The maximum atomic E-state index is 13.0. The minimum Gasteiger partial charge on any atom is -0.486 e. The highest BCUT2D eigenvalue weighted by molar-refractivity contribution is 5.96. The van der Waals surface area contributed by atoms with Crippen molar-refractivity contribution in [3.63, 3.8) is 0 Å². The van der Waals surface area contributed by atoms with Gasteiger partial charge < -0.3 is 14.8 Å². The van der Waals surface area contributed by atoms with Gasteiger partial charge in [-0.05, 0) is 49.1 Å². The van der Waals surface area contributed by atoms with Crippen LogP contribution in [0.25, 0.3) is 0 Å². The average Bonchev–Trinajstić information content (AvgIpc) is 3.23. The Morgan fingerprint density at radius 1 is 1.12 bits per heavy atom. The number of benzene rings is 2. The van der Waals surface area contributed by atoms with Crippen LogP contribution in [-0.4, -0.2) is 54.0 Å². The highest BCUT2D eigenvalue weighted by Crippen LogP contribution is 2.33. The summed E-state index contributed by atoms with van der Waals surface area (Å²) in [6.45, 7) is 4.97. The van der Waals surface area contributed by atoms with E-state index >= 15 is 0 Å². The van der Waals surface area contributed by atoms with E-state index in [0.29, 0.717) is 36.8 Å². The van der Waals surface area contributed by atoms with Crippen LogP contribution in [-0.2, 0) is 9.59 Å². The van der Waals surface area contributed by atoms with E-state index in [4.69, 9.17) is 9.47 Å². The Morgan fingerprint density at radius 2 is 1.94 bits per heavy atom. The van der Waals surface area contributed by atoms with Crippen LogP contribution in [0.4, 0.5) is 5.69 Å². The number of nitrogens with zero attached hydrogens (tertiary/aromatic N) is 3. The van der Waals surface area contributed by atoms with Crippen molar-refractivity contribution in [2.75, 3.05) is 25.1 Å². The summed E-state index contributed by atoms with van der Waals surface area (Å²) in [6.07, 6.45) is 2.18. The van der Waals surface area contributed by atoms with E-state index < -0.39 is 6.04 Å². The van der Waals surface area contributed by atoms with Gasteiger partial charge in [0, 0.05) is 11.8 Å². The number of amides is 2. The van der Waals surface area contributed by atoms with Crippen LogP contribution >= 0.6 is 0 Å². The van der Waals surface area contributed by atoms with Crippen molar-refractivity contribution in [3.05, 3.63) is 53.1 Å². The summed E-state index contributed by atoms with van der Waals surface area (Å²) < 4.78 is 11.0. The standard InChI is InChI=1S/C23H25N5O4/c1-14-3-4-16(9-15(14)2)18-11-19-23(30)27(24-13-28(19)26-18)12-22(29)25-17-5-6-20-21(10-17)32-8-7-31-20/h3-6,9-10,13,18-19,26H,7-8,11-12H2,1-2H3,(H,25,29). The molecule has 0 bridgehead atoms. The minimum atomic E-state index is -0.402. The number of rotatable bonds is 4. The number of carbonyl (C=O) groups is 2. The normalized spacial score (nSPS) is 21.5. The first-order chi connectivity index (χ1) is 15.5. The molecule has 5 rings (SSSR count). The second kappa shape index (κ2) is 8.16. The number of carbonyl (C=O) groups excluding carboxylic acids is 2. The highest BCUT2D eigenvalue weighted by Gasteiger charge is 2.41. The third-order valence-corrected chi connectivity index (χ3v) is 6.01. The van der Waals surface area contributed by atoms with Gasteiger partial charge in [-0.15, -0.1) is 0 Å². The predicted octanol–water partition coefficient (Wildman–Crippen LogP) is 2.12. The Kier molecular flexibility index (Phi) is 5.18. The molecule has 0 aromatic heterocycles. The zero-order valence-corrected chi connectivity index (χ0v) is 18.0. The fourth-order valence-electron chi connectivity index (χ4n) is 4.11. The number of nitrogens with one attached hydrogen (secondary N) is 2. The fraction of sp³-hybridized carbons (Fsp3) is 0.348. The van der Waals surface area contributed by atoms with Crippen molar-refractivity contribution < 1.29 is 19.1 Å². The summed E-state index contributed by atoms with van der Waals surface area (Å²) in [5.41, 5.74) is 7.49. The molecule has 2 unspecified atom stereocenters. The van der Waals surface area contributed by atoms with Crippen molar-refractivity contribution in [1.29, 1.82) is 0 Å². The van der Waals surface area contributed by atoms with E-state index in [1.54, 1.807) is 29.5 Å². The second-order valence-electron chi connectivity index (χ2n) is 8.22. The van der Waals surface area contributed by atoms with Gasteiger partial charge in [-0.1, -0.05) is 18.2 Å². The Bertz CT molecular complexity index is 1100. The van der Waals surface area contributed by atoms with Gasteiger partial charge in [-0.25, -0.2) is 10.4 Å². The van der Waals surface area contributed by atoms with E-state index in [0.717, 1.165) is 5.56 Å². The van der Waals surface area contributed by atoms with Crippen LogP contribution in [0.1, 0.15) is 29.2 Å². The average molecular weight is 435 g/mol. The summed E-state index contributed by atoms with van der Waals surface area (Å²) >= 11 is 0. The number of hydrogen-bond donors (Lipinski definition) is 2. The van der Waals surface area contributed by atoms with Gasteiger partial charge in [0.15, 0.2) is 11.5 Å². The first-order valence-corrected chi connectivity index (χ1v) is 10.6. The fourth-order valence-corrected chi connectivity index (χ4v) is 4.11. The third-order valence-electron chi connectivity index (χ3n) is 6.01. The van der Waals surface area contributed by atoms with Gasteiger partial charge in [0.05, 0.1) is 6.04 Å². The van der Waals surface area contributed by atoms with E-state index in [-0.39, 0.29) is 24.4 Å². The number of ether oxygens (including phenoxy) is 2. The largest absolute Gasteiger partial charge is 0.486 e. The van der Waals surface area contributed by atoms with Gasteiger partial charge in [0.25, 0.3) is 5.91 Å². The Balaban J connectivity index is 1.22. The van der Waals surface area contributed by atoms with Crippen LogP contribution < -0.4 is 20.2 Å². The van der Waals surface area contributed by atoms with Crippen molar-refractivity contribution in [2.24, 2.45) is 5.10 Å². The lowest BCUT2D eigenvalue weighted by Crippen LogP contribution is -2.52. The predicted molar refractivity (Wildman–Crippen MR) is 118 cm³/mol. The van der Waals surface area contributed by atoms with Gasteiger partial charge in [0.2, 0.25) is 5.91 Å². The van der Waals surface area contributed by atoms with Gasteiger partial charge in [-0.3, -0.25) is 14.6 Å². The molecule has 2 atom stereocenters. The number of fused-ring (bicyclic) bond motifs is 2. The summed E-state index contributed by atoms with van der Waals surface area (Å²) in [6, 6.07) is 11.1. The quantitative estimate of drug-likeness (QED) is 0.764. The monoisotopic (exact) mass is 435 g/mol. The Morgan fingerprint density at radius 3 is 2.75 bits per heavy atom. The van der Waals surface area contributed by atoms with E-state index in [2.05, 4.69) is 47.9 Å². The first kappa shape index (κ1) is 20.3. The Labute approximate surface area is 185 Å². The van der Waals surface area contributed by atoms with Crippen molar-refractivity contribution in [1.82, 2.24) is 15.4 Å². The van der Waals surface area contributed by atoms with Crippen LogP contribution in [0.3, 0.4) is 0 Å². The summed E-state index contributed by atoms with van der Waals surface area (Å²) in [5, 5.41) is 9.93. The van der Waals surface area contributed by atoms with E-state index in [1.165, 1.54) is 16.1 Å². The minimum absolute atomic E-state index is 0.0150. The molecule has 32 heavy (non-hydrogen) atoms. The smallest absolute Gasteiger partial charge is 0.267 e. The first-order valence-electron chi connectivity index (χ1n) is 10.6. The number of hydrogen-bond acceptors (Lipinski definition) is 7. The molecule has 1 fully saturated rings. The summed E-state index contributed by atoms with van der Waals surface area (Å²) in [7, 11) is 0. The van der Waals surface area contributed by atoms with Crippen molar-refractivity contribution in [2.45, 2.75) is 32.4 Å². The molecule has 9 heteroatoms. The number of anilines is 1. The number of hydrazine groups is 1. The SMILES string of the molecule is Cc1ccc(C2CC3C(=O)N(CC(=O)Nc4ccc5c(c4)OCCO5)N=CN3N2)cc1C. The van der Waals surface area contributed by atoms with Crippen LogP contribution in [0, 0.1) is 13.8 Å². The lowest BCUT2D eigenvalue weighted by molar-refractivity contribution is -0.139. The molecule has 0 saturated carbocycles. The van der Waals surface area contributed by atoms with Crippen LogP contribution in [0.2, 0.25) is 0 Å². The molecule has 3 aliphatic rings. The summed E-state index contributed by atoms with van der Waals surface area (Å²) in [5.74, 6) is 0.698.